The first kappa shape index (κ1) is 13.7. The molecule has 0 spiro atoms. The van der Waals surface area contributed by atoms with Gasteiger partial charge >= 0.3 is 0 Å². The minimum Gasteiger partial charge on any atom is -0.494 e. The highest BCUT2D eigenvalue weighted by molar-refractivity contribution is 9.10. The van der Waals surface area contributed by atoms with Gasteiger partial charge in [-0.1, -0.05) is 18.2 Å². The number of nitrogens with one attached hydrogen (secondary N) is 1. The monoisotopic (exact) mass is 321 g/mol. The molecule has 0 unspecified atom stereocenters. The van der Waals surface area contributed by atoms with Crippen molar-refractivity contribution < 1.29 is 4.74 Å². The first-order chi connectivity index (χ1) is 9.27. The van der Waals surface area contributed by atoms with Gasteiger partial charge in [-0.25, -0.2) is 0 Å². The summed E-state index contributed by atoms with van der Waals surface area (Å²) in [6, 6.07) is 9.79. The molecule has 5 heteroatoms. The number of hydrogen-bond donors (Lipinski definition) is 2. The SMILES string of the molecule is Nc1cncc(Br)c1NCCCOc1ccccc1. The first-order valence-corrected chi connectivity index (χ1v) is 6.87. The number of hydrogen-bond acceptors (Lipinski definition) is 4. The third-order valence-electron chi connectivity index (χ3n) is 2.56. The Balaban J connectivity index is 1.73. The summed E-state index contributed by atoms with van der Waals surface area (Å²) in [5.41, 5.74) is 7.36. The van der Waals surface area contributed by atoms with E-state index in [4.69, 9.17) is 10.5 Å². The summed E-state index contributed by atoms with van der Waals surface area (Å²) in [6.07, 6.45) is 4.25. The van der Waals surface area contributed by atoms with Gasteiger partial charge in [0.05, 0.1) is 28.7 Å². The summed E-state index contributed by atoms with van der Waals surface area (Å²) in [7, 11) is 0. The highest BCUT2D eigenvalue weighted by Crippen LogP contribution is 2.26. The van der Waals surface area contributed by atoms with Crippen LogP contribution in [0.5, 0.6) is 5.75 Å². The molecule has 0 saturated heterocycles. The van der Waals surface area contributed by atoms with Crippen molar-refractivity contribution in [2.75, 3.05) is 24.2 Å². The minimum absolute atomic E-state index is 0.637. The Labute approximate surface area is 121 Å². The molecule has 1 heterocycles. The molecule has 1 aromatic heterocycles. The Hall–Kier alpha value is -1.75. The minimum atomic E-state index is 0.637. The molecule has 0 saturated carbocycles. The molecule has 0 aliphatic rings. The molecule has 2 rings (SSSR count). The number of halogens is 1. The molecule has 0 atom stereocenters. The number of rotatable bonds is 6. The number of para-hydroxylation sites is 1. The van der Waals surface area contributed by atoms with E-state index < -0.39 is 0 Å². The van der Waals surface area contributed by atoms with E-state index in [1.165, 1.54) is 0 Å². The van der Waals surface area contributed by atoms with Crippen molar-refractivity contribution in [2.24, 2.45) is 0 Å². The number of ether oxygens (including phenoxy) is 1. The molecule has 1 aromatic carbocycles. The Morgan fingerprint density at radius 2 is 2.00 bits per heavy atom. The molecule has 2 aromatic rings. The zero-order valence-electron chi connectivity index (χ0n) is 10.5. The van der Waals surface area contributed by atoms with Crippen molar-refractivity contribution in [2.45, 2.75) is 6.42 Å². The lowest BCUT2D eigenvalue weighted by Crippen LogP contribution is -2.09. The van der Waals surface area contributed by atoms with Crippen LogP contribution in [0, 0.1) is 0 Å². The van der Waals surface area contributed by atoms with Crippen LogP contribution in [0.25, 0.3) is 0 Å². The average Bonchev–Trinajstić information content (AvgIpc) is 2.42. The maximum atomic E-state index is 5.84. The van der Waals surface area contributed by atoms with Gasteiger partial charge in [0.2, 0.25) is 0 Å². The third kappa shape index (κ3) is 4.13. The molecule has 3 N–H and O–H groups in total. The number of anilines is 2. The lowest BCUT2D eigenvalue weighted by atomic mass is 10.3. The van der Waals surface area contributed by atoms with Gasteiger partial charge in [-0.15, -0.1) is 0 Å². The van der Waals surface area contributed by atoms with Crippen LogP contribution in [-0.2, 0) is 0 Å². The average molecular weight is 322 g/mol. The van der Waals surface area contributed by atoms with Gasteiger partial charge in [0, 0.05) is 12.7 Å². The second-order valence-electron chi connectivity index (χ2n) is 4.03. The van der Waals surface area contributed by atoms with Gasteiger partial charge in [-0.3, -0.25) is 4.98 Å². The van der Waals surface area contributed by atoms with E-state index in [2.05, 4.69) is 26.2 Å². The second-order valence-corrected chi connectivity index (χ2v) is 4.88. The molecule has 0 amide bonds. The van der Waals surface area contributed by atoms with Crippen molar-refractivity contribution >= 4 is 27.3 Å². The van der Waals surface area contributed by atoms with Gasteiger partial charge in [0.25, 0.3) is 0 Å². The quantitative estimate of drug-likeness (QED) is 0.801. The molecule has 19 heavy (non-hydrogen) atoms. The summed E-state index contributed by atoms with van der Waals surface area (Å²) < 4.78 is 6.48. The van der Waals surface area contributed by atoms with Crippen LogP contribution in [0.15, 0.2) is 47.2 Å². The zero-order valence-corrected chi connectivity index (χ0v) is 12.1. The molecular weight excluding hydrogens is 306 g/mol. The largest absolute Gasteiger partial charge is 0.494 e. The van der Waals surface area contributed by atoms with Crippen LogP contribution in [0.2, 0.25) is 0 Å². The predicted octanol–water partition coefficient (Wildman–Crippen LogP) is 3.31. The topological polar surface area (TPSA) is 60.2 Å². The molecule has 0 fully saturated rings. The summed E-state index contributed by atoms with van der Waals surface area (Å²) in [6.45, 7) is 1.46. The first-order valence-electron chi connectivity index (χ1n) is 6.08. The number of nitrogens with two attached hydrogens (primary N) is 1. The van der Waals surface area contributed by atoms with Crippen LogP contribution in [-0.4, -0.2) is 18.1 Å². The van der Waals surface area contributed by atoms with Gasteiger partial charge in [-0.05, 0) is 34.5 Å². The maximum absolute atomic E-state index is 5.84. The van der Waals surface area contributed by atoms with Crippen molar-refractivity contribution in [3.63, 3.8) is 0 Å². The van der Waals surface area contributed by atoms with E-state index in [1.807, 2.05) is 30.3 Å². The summed E-state index contributed by atoms with van der Waals surface area (Å²) in [5.74, 6) is 0.895. The molecule has 0 aliphatic carbocycles. The fraction of sp³-hybridized carbons (Fsp3) is 0.214. The van der Waals surface area contributed by atoms with E-state index >= 15 is 0 Å². The standard InChI is InChI=1S/C14H16BrN3O/c15-12-9-17-10-13(16)14(12)18-7-4-8-19-11-5-2-1-3-6-11/h1-3,5-6,9-10H,4,7-8,16H2,(H,17,18). The van der Waals surface area contributed by atoms with Gasteiger partial charge in [0.15, 0.2) is 0 Å². The van der Waals surface area contributed by atoms with Crippen molar-refractivity contribution in [3.8, 4) is 5.75 Å². The number of pyridine rings is 1. The normalized spacial score (nSPS) is 10.2. The van der Waals surface area contributed by atoms with Crippen molar-refractivity contribution in [3.05, 3.63) is 47.2 Å². The van der Waals surface area contributed by atoms with Gasteiger partial charge in [-0.2, -0.15) is 0 Å². The number of nitrogens with zero attached hydrogens (tertiary/aromatic N) is 1. The molecule has 0 aliphatic heterocycles. The predicted molar refractivity (Wildman–Crippen MR) is 81.4 cm³/mol. The fourth-order valence-corrected chi connectivity index (χ4v) is 2.12. The maximum Gasteiger partial charge on any atom is 0.119 e. The Bertz CT molecular complexity index is 499. The van der Waals surface area contributed by atoms with Crippen LogP contribution in [0.3, 0.4) is 0 Å². The molecule has 100 valence electrons. The smallest absolute Gasteiger partial charge is 0.119 e. The van der Waals surface area contributed by atoms with Crippen LogP contribution in [0.4, 0.5) is 11.4 Å². The Morgan fingerprint density at radius 1 is 1.21 bits per heavy atom. The summed E-state index contributed by atoms with van der Waals surface area (Å²) in [5, 5.41) is 3.28. The lowest BCUT2D eigenvalue weighted by molar-refractivity contribution is 0.315. The van der Waals surface area contributed by atoms with Crippen molar-refractivity contribution in [1.29, 1.82) is 0 Å². The molecule has 4 nitrogen and oxygen atoms in total. The van der Waals surface area contributed by atoms with Gasteiger partial charge in [0.1, 0.15) is 5.75 Å². The van der Waals surface area contributed by atoms with E-state index in [-0.39, 0.29) is 0 Å². The second kappa shape index (κ2) is 6.99. The summed E-state index contributed by atoms with van der Waals surface area (Å²) >= 11 is 3.42. The highest BCUT2D eigenvalue weighted by atomic mass is 79.9. The number of benzene rings is 1. The van der Waals surface area contributed by atoms with E-state index in [9.17, 15) is 0 Å². The Kier molecular flexibility index (Phi) is 5.03. The molecular formula is C14H16BrN3O. The van der Waals surface area contributed by atoms with E-state index in [0.29, 0.717) is 12.3 Å². The molecule has 0 radical (unpaired) electrons. The number of nitrogen functional groups attached to an aromatic ring is 1. The fourth-order valence-electron chi connectivity index (χ4n) is 1.63. The van der Waals surface area contributed by atoms with Crippen LogP contribution < -0.4 is 15.8 Å². The van der Waals surface area contributed by atoms with Crippen LogP contribution in [0.1, 0.15) is 6.42 Å². The van der Waals surface area contributed by atoms with E-state index in [0.717, 1.165) is 28.9 Å². The lowest BCUT2D eigenvalue weighted by Gasteiger charge is -2.11. The summed E-state index contributed by atoms with van der Waals surface area (Å²) in [4.78, 5) is 3.99. The van der Waals surface area contributed by atoms with Crippen LogP contribution >= 0.6 is 15.9 Å². The van der Waals surface area contributed by atoms with Crippen molar-refractivity contribution in [1.82, 2.24) is 4.98 Å². The third-order valence-corrected chi connectivity index (χ3v) is 3.17. The van der Waals surface area contributed by atoms with E-state index in [1.54, 1.807) is 12.4 Å². The molecule has 0 bridgehead atoms. The van der Waals surface area contributed by atoms with Gasteiger partial charge < -0.3 is 15.8 Å². The number of aromatic nitrogens is 1. The zero-order chi connectivity index (χ0) is 13.5. The Morgan fingerprint density at radius 3 is 2.74 bits per heavy atom. The highest BCUT2D eigenvalue weighted by Gasteiger charge is 2.03.